The Kier molecular flexibility index (Phi) is 4.47. The van der Waals surface area contributed by atoms with Crippen molar-refractivity contribution in [2.45, 2.75) is 13.3 Å². The van der Waals surface area contributed by atoms with Gasteiger partial charge in [0.25, 0.3) is 0 Å². The van der Waals surface area contributed by atoms with E-state index in [4.69, 9.17) is 11.6 Å². The smallest absolute Gasteiger partial charge is 0.227 e. The second-order valence-electron chi connectivity index (χ2n) is 4.57. The van der Waals surface area contributed by atoms with Crippen LogP contribution in [-0.2, 0) is 9.59 Å². The number of anilines is 2. The van der Waals surface area contributed by atoms with Crippen molar-refractivity contribution in [1.82, 2.24) is 0 Å². The molecule has 1 aliphatic heterocycles. The van der Waals surface area contributed by atoms with Crippen LogP contribution in [0.1, 0.15) is 13.3 Å². The molecule has 1 aliphatic rings. The van der Waals surface area contributed by atoms with Crippen molar-refractivity contribution in [2.75, 3.05) is 22.1 Å². The van der Waals surface area contributed by atoms with E-state index in [1.807, 2.05) is 0 Å². The fourth-order valence-electron chi connectivity index (χ4n) is 2.10. The maximum absolute atomic E-state index is 11.9. The molecule has 1 unspecified atom stereocenters. The molecule has 0 aliphatic carbocycles. The van der Waals surface area contributed by atoms with Crippen molar-refractivity contribution in [2.24, 2.45) is 5.92 Å². The van der Waals surface area contributed by atoms with E-state index in [0.29, 0.717) is 29.6 Å². The topological polar surface area (TPSA) is 49.4 Å². The highest BCUT2D eigenvalue weighted by Gasteiger charge is 2.30. The van der Waals surface area contributed by atoms with Crippen LogP contribution in [0.4, 0.5) is 11.4 Å². The second-order valence-corrected chi connectivity index (χ2v) is 5.63. The zero-order valence-corrected chi connectivity index (χ0v) is 12.8. The number of hydrogen-bond acceptors (Lipinski definition) is 2. The van der Waals surface area contributed by atoms with Gasteiger partial charge in [0, 0.05) is 30.9 Å². The van der Waals surface area contributed by atoms with E-state index in [9.17, 15) is 9.59 Å². The van der Waals surface area contributed by atoms with E-state index >= 15 is 0 Å². The summed E-state index contributed by atoms with van der Waals surface area (Å²) < 4.78 is 0. The van der Waals surface area contributed by atoms with Crippen LogP contribution in [0, 0.1) is 5.92 Å². The van der Waals surface area contributed by atoms with Gasteiger partial charge in [-0.2, -0.15) is 0 Å². The number of carbonyl (C=O) groups is 2. The van der Waals surface area contributed by atoms with Crippen LogP contribution in [-0.4, -0.2) is 23.7 Å². The molecule has 6 heteroatoms. The zero-order valence-electron chi connectivity index (χ0n) is 10.5. The molecule has 19 heavy (non-hydrogen) atoms. The third kappa shape index (κ3) is 3.28. The molecule has 0 radical (unpaired) electrons. The summed E-state index contributed by atoms with van der Waals surface area (Å²) in [6, 6.07) is 5.22. The predicted molar refractivity (Wildman–Crippen MR) is 80.0 cm³/mol. The molecule has 1 N–H and O–H groups in total. The van der Waals surface area contributed by atoms with Crippen molar-refractivity contribution in [3.63, 3.8) is 0 Å². The molecule has 1 saturated heterocycles. The number of carbonyl (C=O) groups excluding carboxylic acids is 2. The van der Waals surface area contributed by atoms with Gasteiger partial charge in [-0.1, -0.05) is 27.5 Å². The first-order valence-corrected chi connectivity index (χ1v) is 7.44. The minimum atomic E-state index is -0.175. The number of amides is 2. The lowest BCUT2D eigenvalue weighted by molar-refractivity contribution is -0.117. The molecule has 1 heterocycles. The first-order valence-electron chi connectivity index (χ1n) is 5.94. The standard InChI is InChI=1S/C13H14BrClN2O2/c1-8(18)16-12-3-2-10(5-11(12)15)17-7-9(6-14)4-13(17)19/h2-3,5,9H,4,6-7H2,1H3,(H,16,18). The first kappa shape index (κ1) is 14.3. The van der Waals surface area contributed by atoms with E-state index in [1.54, 1.807) is 23.1 Å². The molecule has 102 valence electrons. The normalized spacial score (nSPS) is 18.8. The molecular weight excluding hydrogens is 332 g/mol. The Morgan fingerprint density at radius 1 is 1.58 bits per heavy atom. The van der Waals surface area contributed by atoms with Crippen LogP contribution in [0.25, 0.3) is 0 Å². The van der Waals surface area contributed by atoms with E-state index < -0.39 is 0 Å². The Morgan fingerprint density at radius 3 is 2.84 bits per heavy atom. The molecule has 0 bridgehead atoms. The van der Waals surface area contributed by atoms with Gasteiger partial charge in [0.05, 0.1) is 10.7 Å². The molecule has 0 saturated carbocycles. The number of rotatable bonds is 3. The van der Waals surface area contributed by atoms with Crippen LogP contribution in [0.15, 0.2) is 18.2 Å². The number of hydrogen-bond donors (Lipinski definition) is 1. The van der Waals surface area contributed by atoms with Crippen molar-refractivity contribution in [3.05, 3.63) is 23.2 Å². The van der Waals surface area contributed by atoms with Gasteiger partial charge in [-0.05, 0) is 24.1 Å². The van der Waals surface area contributed by atoms with Gasteiger partial charge in [-0.25, -0.2) is 0 Å². The minimum Gasteiger partial charge on any atom is -0.325 e. The quantitative estimate of drug-likeness (QED) is 0.856. The van der Waals surface area contributed by atoms with Gasteiger partial charge >= 0.3 is 0 Å². The molecule has 0 aromatic heterocycles. The summed E-state index contributed by atoms with van der Waals surface area (Å²) in [4.78, 5) is 24.6. The van der Waals surface area contributed by atoms with Crippen molar-refractivity contribution >= 4 is 50.7 Å². The van der Waals surface area contributed by atoms with Gasteiger partial charge in [0.2, 0.25) is 11.8 Å². The van der Waals surface area contributed by atoms with Gasteiger partial charge in [-0.3, -0.25) is 9.59 Å². The molecule has 2 amide bonds. The fraction of sp³-hybridized carbons (Fsp3) is 0.385. The summed E-state index contributed by atoms with van der Waals surface area (Å²) in [5.41, 5.74) is 1.33. The van der Waals surface area contributed by atoms with Gasteiger partial charge in [0.1, 0.15) is 0 Å². The van der Waals surface area contributed by atoms with Crippen LogP contribution in [0.5, 0.6) is 0 Å². The van der Waals surface area contributed by atoms with Gasteiger partial charge < -0.3 is 10.2 Å². The van der Waals surface area contributed by atoms with Crippen molar-refractivity contribution in [3.8, 4) is 0 Å². The summed E-state index contributed by atoms with van der Waals surface area (Å²) in [5.74, 6) is 0.264. The van der Waals surface area contributed by atoms with E-state index in [-0.39, 0.29) is 11.8 Å². The number of nitrogens with one attached hydrogen (secondary N) is 1. The summed E-state index contributed by atoms with van der Waals surface area (Å²) in [7, 11) is 0. The minimum absolute atomic E-state index is 0.104. The predicted octanol–water partition coefficient (Wildman–Crippen LogP) is 3.05. The van der Waals surface area contributed by atoms with E-state index in [0.717, 1.165) is 11.0 Å². The number of benzene rings is 1. The lowest BCUT2D eigenvalue weighted by Gasteiger charge is -2.17. The highest BCUT2D eigenvalue weighted by molar-refractivity contribution is 9.09. The molecule has 0 spiro atoms. The second kappa shape index (κ2) is 5.92. The Hall–Kier alpha value is -1.07. The molecule has 4 nitrogen and oxygen atoms in total. The fourth-order valence-corrected chi connectivity index (χ4v) is 2.75. The molecule has 1 atom stereocenters. The first-order chi connectivity index (χ1) is 9.01. The summed E-state index contributed by atoms with van der Waals surface area (Å²) >= 11 is 9.51. The largest absolute Gasteiger partial charge is 0.325 e. The molecule has 2 rings (SSSR count). The highest BCUT2D eigenvalue weighted by atomic mass is 79.9. The number of alkyl halides is 1. The molecular formula is C13H14BrClN2O2. The lowest BCUT2D eigenvalue weighted by atomic mass is 10.2. The molecule has 1 fully saturated rings. The summed E-state index contributed by atoms with van der Waals surface area (Å²) in [6.45, 7) is 2.12. The van der Waals surface area contributed by atoms with Gasteiger partial charge in [0.15, 0.2) is 0 Å². The van der Waals surface area contributed by atoms with Crippen molar-refractivity contribution in [1.29, 1.82) is 0 Å². The SMILES string of the molecule is CC(=O)Nc1ccc(N2CC(CBr)CC2=O)cc1Cl. The lowest BCUT2D eigenvalue weighted by Crippen LogP contribution is -2.24. The Bertz CT molecular complexity index is 521. The number of nitrogens with zero attached hydrogens (tertiary/aromatic N) is 1. The maximum atomic E-state index is 11.9. The summed E-state index contributed by atoms with van der Waals surface area (Å²) in [5, 5.41) is 3.89. The van der Waals surface area contributed by atoms with Crippen LogP contribution < -0.4 is 10.2 Å². The monoisotopic (exact) mass is 344 g/mol. The van der Waals surface area contributed by atoms with E-state index in [1.165, 1.54) is 6.92 Å². The Morgan fingerprint density at radius 2 is 2.32 bits per heavy atom. The van der Waals surface area contributed by atoms with Crippen LogP contribution in [0.2, 0.25) is 5.02 Å². The Balaban J connectivity index is 2.20. The zero-order chi connectivity index (χ0) is 14.0. The average Bonchev–Trinajstić information content (AvgIpc) is 2.73. The van der Waals surface area contributed by atoms with E-state index in [2.05, 4.69) is 21.2 Å². The van der Waals surface area contributed by atoms with Crippen LogP contribution in [0.3, 0.4) is 0 Å². The third-order valence-corrected chi connectivity index (χ3v) is 4.23. The number of halogens is 2. The van der Waals surface area contributed by atoms with Gasteiger partial charge in [-0.15, -0.1) is 0 Å². The summed E-state index contributed by atoms with van der Waals surface area (Å²) in [6.07, 6.45) is 0.552. The third-order valence-electron chi connectivity index (χ3n) is 3.00. The molecule has 1 aromatic carbocycles. The molecule has 1 aromatic rings. The average molecular weight is 346 g/mol. The highest BCUT2D eigenvalue weighted by Crippen LogP contribution is 2.31. The van der Waals surface area contributed by atoms with Crippen LogP contribution >= 0.6 is 27.5 Å². The Labute approximate surface area is 125 Å². The van der Waals surface area contributed by atoms with Crippen molar-refractivity contribution < 1.29 is 9.59 Å². The maximum Gasteiger partial charge on any atom is 0.227 e.